The third-order valence-corrected chi connectivity index (χ3v) is 13.8. The van der Waals surface area contributed by atoms with Crippen molar-refractivity contribution in [2.24, 2.45) is 5.73 Å². The molecule has 3 heterocycles. The largest absolute Gasteiger partial charge is 0.484 e. The van der Waals surface area contributed by atoms with E-state index in [0.29, 0.717) is 23.6 Å². The molecule has 0 aliphatic heterocycles. The van der Waals surface area contributed by atoms with Gasteiger partial charge in [0.2, 0.25) is 0 Å². The lowest BCUT2D eigenvalue weighted by molar-refractivity contribution is 0.0905. The fourth-order valence-corrected chi connectivity index (χ4v) is 9.18. The van der Waals surface area contributed by atoms with Crippen LogP contribution in [-0.2, 0) is 0 Å². The molecule has 6 aromatic rings. The topological polar surface area (TPSA) is 264 Å². The predicted octanol–water partition coefficient (Wildman–Crippen LogP) is 8.81. The van der Waals surface area contributed by atoms with Crippen LogP contribution < -0.4 is 51.8 Å². The molecule has 2 saturated carbocycles. The SMILES string of the molecule is CCNC(=O)c1cc(OC(C)c2ccc(Cl)cc2F)c(C(N)=O)[nH]1.CNC(=O)c1[nH]c(C(=O)NC2CCC2)cc1OC(C)c1ccccc1F.CNC(=O)c1[nH]c(C(=O)NC2CCCCC2)cc1OC(C)c1ccccc1P. The summed E-state index contributed by atoms with van der Waals surface area (Å²) in [5.41, 5.74) is 7.97. The summed E-state index contributed by atoms with van der Waals surface area (Å²) in [5, 5.41) is 15.0. The first kappa shape index (κ1) is 59.5. The summed E-state index contributed by atoms with van der Waals surface area (Å²) in [7, 11) is 5.73. The zero-order valence-corrected chi connectivity index (χ0v) is 46.2. The zero-order chi connectivity index (χ0) is 56.6. The molecule has 0 spiro atoms. The van der Waals surface area contributed by atoms with Crippen molar-refractivity contribution in [3.8, 4) is 17.2 Å². The van der Waals surface area contributed by atoms with Gasteiger partial charge in [-0.2, -0.15) is 0 Å². The molecular weight excluding hydrogens is 1050 g/mol. The number of nitrogens with one attached hydrogen (secondary N) is 8. The molecule has 22 heteroatoms. The molecule has 78 heavy (non-hydrogen) atoms. The Bertz CT molecular complexity index is 3080. The van der Waals surface area contributed by atoms with Crippen LogP contribution in [0.2, 0.25) is 5.02 Å². The van der Waals surface area contributed by atoms with Crippen molar-refractivity contribution < 1.29 is 51.8 Å². The van der Waals surface area contributed by atoms with Crippen LogP contribution in [0.15, 0.2) is 84.9 Å². The van der Waals surface area contributed by atoms with Crippen molar-refractivity contribution in [1.29, 1.82) is 0 Å². The maximum absolute atomic E-state index is 14.0. The quantitative estimate of drug-likeness (QED) is 0.0372. The van der Waals surface area contributed by atoms with Crippen LogP contribution in [0.3, 0.4) is 0 Å². The number of ether oxygens (including phenoxy) is 3. The number of halogens is 3. The highest BCUT2D eigenvalue weighted by molar-refractivity contribution is 7.27. The summed E-state index contributed by atoms with van der Waals surface area (Å²) < 4.78 is 45.4. The molecule has 8 rings (SSSR count). The fraction of sp³-hybridized carbons (Fsp3) is 0.357. The van der Waals surface area contributed by atoms with E-state index in [0.717, 1.165) is 55.8 Å². The number of aromatic amines is 3. The van der Waals surface area contributed by atoms with Gasteiger partial charge in [-0.3, -0.25) is 28.8 Å². The minimum Gasteiger partial charge on any atom is -0.484 e. The molecule has 4 atom stereocenters. The molecule has 18 nitrogen and oxygen atoms in total. The summed E-state index contributed by atoms with van der Waals surface area (Å²) >= 11 is 5.73. The highest BCUT2D eigenvalue weighted by Crippen LogP contribution is 2.32. The Balaban J connectivity index is 0.000000190. The van der Waals surface area contributed by atoms with Crippen molar-refractivity contribution in [1.82, 2.24) is 41.5 Å². The maximum atomic E-state index is 14.0. The Morgan fingerprint density at radius 3 is 1.47 bits per heavy atom. The molecule has 2 aliphatic carbocycles. The number of carbonyl (C=O) groups is 6. The van der Waals surface area contributed by atoms with E-state index in [1.54, 1.807) is 52.1 Å². The average Bonchev–Trinajstić information content (AvgIpc) is 4.17. The van der Waals surface area contributed by atoms with E-state index in [-0.39, 0.29) is 92.3 Å². The number of H-pyrrole nitrogens is 3. The predicted molar refractivity (Wildman–Crippen MR) is 296 cm³/mol. The number of primary amides is 1. The van der Waals surface area contributed by atoms with Crippen LogP contribution in [0.1, 0.15) is 177 Å². The first-order valence-corrected chi connectivity index (χ1v) is 26.6. The van der Waals surface area contributed by atoms with Gasteiger partial charge in [0.1, 0.15) is 64.1 Å². The van der Waals surface area contributed by atoms with E-state index in [4.69, 9.17) is 31.5 Å². The third-order valence-electron chi connectivity index (χ3n) is 13.0. The van der Waals surface area contributed by atoms with E-state index < -0.39 is 35.7 Å². The van der Waals surface area contributed by atoms with Crippen LogP contribution in [0.25, 0.3) is 0 Å². The zero-order valence-electron chi connectivity index (χ0n) is 44.3. The lowest BCUT2D eigenvalue weighted by Gasteiger charge is -2.25. The van der Waals surface area contributed by atoms with Gasteiger partial charge in [0.15, 0.2) is 17.2 Å². The standard InChI is InChI=1S/C21H28N3O3P.C19H22FN3O3.C16H17ClFN3O3/c1-13(15-10-6-7-11-18(15)28)27-17-12-16(24-19(17)21(26)22-2)20(25)23-14-8-4-3-5-9-14;1-11(13-8-3-4-9-14(13)20)26-16-10-15(23-17(16)19(25)21-2)18(24)22-12-6-5-7-12;1-3-20-16(23)12-7-13(14(21-12)15(19)22)24-8(2)10-5-4-9(17)6-11(10)18/h6-7,10-14,24H,3-5,8-9,28H2,1-2H3,(H,22,26)(H,23,25);3-4,8-12,23H,5-7H2,1-2H3,(H,21,25)(H,22,24);4-8,21H,3H2,1-2H3,(H2,19,22)(H,20,23). The molecule has 0 bridgehead atoms. The number of carbonyl (C=O) groups excluding carboxylic acids is 6. The molecule has 0 radical (unpaired) electrons. The molecule has 2 aliphatic rings. The number of hydrogen-bond acceptors (Lipinski definition) is 9. The summed E-state index contributed by atoms with van der Waals surface area (Å²) in [6.07, 6.45) is 6.90. The normalized spacial score (nSPS) is 14.3. The van der Waals surface area contributed by atoms with Crippen molar-refractivity contribution in [3.05, 3.63) is 152 Å². The van der Waals surface area contributed by atoms with Gasteiger partial charge in [0.25, 0.3) is 35.4 Å². The second kappa shape index (κ2) is 28.1. The molecule has 4 unspecified atom stereocenters. The van der Waals surface area contributed by atoms with E-state index in [1.165, 1.54) is 49.9 Å². The van der Waals surface area contributed by atoms with Crippen LogP contribution in [0.5, 0.6) is 17.2 Å². The van der Waals surface area contributed by atoms with Gasteiger partial charge in [-0.05, 0) is 88.9 Å². The molecule has 6 amide bonds. The van der Waals surface area contributed by atoms with Crippen LogP contribution in [0.4, 0.5) is 8.78 Å². The van der Waals surface area contributed by atoms with Crippen molar-refractivity contribution >= 4 is 61.6 Å². The third kappa shape index (κ3) is 15.7. The van der Waals surface area contributed by atoms with Crippen molar-refractivity contribution in [2.75, 3.05) is 20.6 Å². The number of nitrogens with two attached hydrogens (primary N) is 1. The first-order valence-electron chi connectivity index (χ1n) is 25.7. The second-order valence-electron chi connectivity index (χ2n) is 18.7. The Hall–Kier alpha value is -7.70. The van der Waals surface area contributed by atoms with Gasteiger partial charge in [-0.1, -0.05) is 79.4 Å². The van der Waals surface area contributed by atoms with Crippen molar-refractivity contribution in [3.63, 3.8) is 0 Å². The summed E-state index contributed by atoms with van der Waals surface area (Å²) in [6, 6.07) is 23.2. The number of rotatable bonds is 18. The van der Waals surface area contributed by atoms with E-state index in [9.17, 15) is 37.5 Å². The molecular formula is C56H67ClF2N9O9P. The molecule has 416 valence electrons. The Morgan fingerprint density at radius 2 is 1.03 bits per heavy atom. The highest BCUT2D eigenvalue weighted by atomic mass is 35.5. The lowest BCUT2D eigenvalue weighted by atomic mass is 9.93. The molecule has 2 fully saturated rings. The van der Waals surface area contributed by atoms with Crippen molar-refractivity contribution in [2.45, 2.75) is 109 Å². The molecule has 0 saturated heterocycles. The monoisotopic (exact) mass is 1110 g/mol. The number of hydrogen-bond donors (Lipinski definition) is 9. The van der Waals surface area contributed by atoms with Gasteiger partial charge in [0.05, 0.1) is 0 Å². The Morgan fingerprint density at radius 1 is 0.590 bits per heavy atom. The highest BCUT2D eigenvalue weighted by Gasteiger charge is 2.27. The van der Waals surface area contributed by atoms with Gasteiger partial charge >= 0.3 is 0 Å². The summed E-state index contributed by atoms with van der Waals surface area (Å²) in [5.74, 6) is -2.68. The molecule has 3 aromatic heterocycles. The van der Waals surface area contributed by atoms with Crippen LogP contribution in [0, 0.1) is 11.6 Å². The second-order valence-corrected chi connectivity index (χ2v) is 19.7. The van der Waals surface area contributed by atoms with E-state index >= 15 is 0 Å². The number of benzene rings is 3. The maximum Gasteiger partial charge on any atom is 0.271 e. The molecule has 10 N–H and O–H groups in total. The summed E-state index contributed by atoms with van der Waals surface area (Å²) in [6.45, 7) is 7.40. The Labute approximate surface area is 458 Å². The van der Waals surface area contributed by atoms with Gasteiger partial charge in [-0.15, -0.1) is 9.24 Å². The first-order chi connectivity index (χ1) is 37.3. The van der Waals surface area contributed by atoms with Gasteiger partial charge < -0.3 is 61.5 Å². The smallest absolute Gasteiger partial charge is 0.271 e. The van der Waals surface area contributed by atoms with E-state index in [1.807, 2.05) is 31.2 Å². The van der Waals surface area contributed by atoms with Crippen LogP contribution in [-0.4, -0.2) is 83.1 Å². The van der Waals surface area contributed by atoms with Gasteiger partial charge in [0, 0.05) is 67.1 Å². The minimum absolute atomic E-state index is 0.0579. The average molecular weight is 1110 g/mol. The molecule has 3 aromatic carbocycles. The fourth-order valence-electron chi connectivity index (χ4n) is 8.58. The lowest BCUT2D eigenvalue weighted by Crippen LogP contribution is -2.39. The number of amides is 6. The van der Waals surface area contributed by atoms with Gasteiger partial charge in [-0.25, -0.2) is 8.78 Å². The Kier molecular flexibility index (Phi) is 21.4. The minimum atomic E-state index is -0.788. The number of aromatic nitrogens is 3. The van der Waals surface area contributed by atoms with Crippen LogP contribution >= 0.6 is 20.8 Å². The summed E-state index contributed by atoms with van der Waals surface area (Å²) in [4.78, 5) is 81.2. The van der Waals surface area contributed by atoms with E-state index in [2.05, 4.69) is 50.8 Å².